The van der Waals surface area contributed by atoms with Crippen LogP contribution in [-0.4, -0.2) is 37.2 Å². The summed E-state index contributed by atoms with van der Waals surface area (Å²) in [7, 11) is -4.75. The first-order valence-electron chi connectivity index (χ1n) is 23.1. The highest BCUT2D eigenvalue weighted by molar-refractivity contribution is 7.90. The minimum Gasteiger partial charge on any atom is -0.425 e. The molecule has 0 heterocycles. The van der Waals surface area contributed by atoms with E-state index in [-0.39, 0.29) is 23.7 Å². The lowest BCUT2D eigenvalue weighted by Crippen LogP contribution is -2.49. The minimum atomic E-state index is -4.75. The van der Waals surface area contributed by atoms with Gasteiger partial charge in [-0.1, -0.05) is 193 Å². The van der Waals surface area contributed by atoms with E-state index in [2.05, 4.69) is 31.3 Å². The smallest absolute Gasteiger partial charge is 0.338 e. The van der Waals surface area contributed by atoms with E-state index in [1.54, 1.807) is 6.92 Å². The van der Waals surface area contributed by atoms with Gasteiger partial charge in [0.2, 0.25) is 5.91 Å². The summed E-state index contributed by atoms with van der Waals surface area (Å²) >= 11 is 6.22. The Morgan fingerprint density at radius 3 is 1.61 bits per heavy atom. The van der Waals surface area contributed by atoms with Crippen LogP contribution in [0.15, 0.2) is 35.2 Å². The number of hydrogen-bond donors (Lipinski definition) is 1. The number of ether oxygens (including phenoxy) is 1. The molecule has 3 amide bonds. The van der Waals surface area contributed by atoms with E-state index < -0.39 is 38.7 Å². The van der Waals surface area contributed by atoms with Gasteiger partial charge in [-0.3, -0.25) is 9.59 Å². The molecule has 0 saturated heterocycles. The van der Waals surface area contributed by atoms with Gasteiger partial charge in [0.15, 0.2) is 5.75 Å². The number of amides is 3. The standard InChI is InChI=1S/C47H81ClN2O6S/c1-5-8-10-12-14-16-18-20-22-24-26-28-30-32-34-36-45(51)56-43-40-42(48)37-38-44(43)57(54,55)50(47(53)49-39-7-3)46(52)41(4)35-33-31-29-27-25-23-21-19-17-15-13-11-9-6-2/h20,22,37-38,40-41H,5-19,21,23-36,39H2,1-4H3,(H,49,53)/b22-20-. The van der Waals surface area contributed by atoms with Crippen molar-refractivity contribution in [3.63, 3.8) is 0 Å². The quantitative estimate of drug-likeness (QED) is 0.0312. The average molecular weight is 838 g/mol. The molecular weight excluding hydrogens is 756 g/mol. The van der Waals surface area contributed by atoms with Crippen LogP contribution in [0.3, 0.4) is 0 Å². The summed E-state index contributed by atoms with van der Waals surface area (Å²) in [6.07, 6.45) is 37.5. The molecule has 0 spiro atoms. The first-order valence-corrected chi connectivity index (χ1v) is 24.9. The normalized spacial score (nSPS) is 12.2. The summed E-state index contributed by atoms with van der Waals surface area (Å²) in [6.45, 7) is 8.19. The van der Waals surface area contributed by atoms with Crippen LogP contribution in [0.1, 0.15) is 220 Å². The first kappa shape index (κ1) is 52.6. The maximum Gasteiger partial charge on any atom is 0.338 e. The van der Waals surface area contributed by atoms with Crippen molar-refractivity contribution in [3.05, 3.63) is 35.4 Å². The molecule has 0 bridgehead atoms. The lowest BCUT2D eigenvalue weighted by atomic mass is 10.0. The van der Waals surface area contributed by atoms with Crippen molar-refractivity contribution < 1.29 is 27.5 Å². The molecule has 0 aliphatic heterocycles. The maximum atomic E-state index is 14.1. The van der Waals surface area contributed by atoms with Gasteiger partial charge in [-0.2, -0.15) is 4.31 Å². The molecule has 0 saturated carbocycles. The number of nitrogens with zero attached hydrogens (tertiary/aromatic N) is 1. The van der Waals surface area contributed by atoms with Crippen molar-refractivity contribution >= 4 is 39.5 Å². The molecule has 0 aliphatic carbocycles. The Morgan fingerprint density at radius 1 is 0.667 bits per heavy atom. The number of carbonyl (C=O) groups excluding carboxylic acids is 3. The third kappa shape index (κ3) is 25.0. The molecule has 10 heteroatoms. The number of imide groups is 1. The topological polar surface area (TPSA) is 110 Å². The van der Waals surface area contributed by atoms with E-state index in [0.717, 1.165) is 64.2 Å². The van der Waals surface area contributed by atoms with Crippen LogP contribution in [0.4, 0.5) is 4.79 Å². The van der Waals surface area contributed by atoms with Crippen molar-refractivity contribution in [2.45, 2.75) is 225 Å². The van der Waals surface area contributed by atoms with Crippen molar-refractivity contribution in [1.82, 2.24) is 9.62 Å². The predicted molar refractivity (Wildman–Crippen MR) is 238 cm³/mol. The van der Waals surface area contributed by atoms with Gasteiger partial charge in [-0.25, -0.2) is 13.2 Å². The van der Waals surface area contributed by atoms with Gasteiger partial charge in [-0.15, -0.1) is 0 Å². The fourth-order valence-corrected chi connectivity index (χ4v) is 8.64. The Kier molecular flexibility index (Phi) is 31.8. The summed E-state index contributed by atoms with van der Waals surface area (Å²) in [5.74, 6) is -2.39. The van der Waals surface area contributed by atoms with Crippen LogP contribution in [0, 0.1) is 5.92 Å². The summed E-state index contributed by atoms with van der Waals surface area (Å²) in [6, 6.07) is 2.76. The molecular formula is C47H81ClN2O6S. The Bertz CT molecular complexity index is 1350. The lowest BCUT2D eigenvalue weighted by molar-refractivity contribution is -0.134. The highest BCUT2D eigenvalue weighted by Crippen LogP contribution is 2.32. The monoisotopic (exact) mass is 837 g/mol. The van der Waals surface area contributed by atoms with Crippen LogP contribution in [-0.2, 0) is 19.6 Å². The Labute approximate surface area is 354 Å². The highest BCUT2D eigenvalue weighted by Gasteiger charge is 2.39. The molecule has 0 radical (unpaired) electrons. The number of urea groups is 1. The SMILES string of the molecule is CCCCCCCC/C=C\CCCCCCCC(=O)Oc1cc(Cl)ccc1S(=O)(=O)N(C(=O)NCCC)C(=O)C(C)CCCCCCCCCCCCCCCC. The second kappa shape index (κ2) is 34.5. The van der Waals surface area contributed by atoms with Gasteiger partial charge in [0.05, 0.1) is 0 Å². The van der Waals surface area contributed by atoms with E-state index in [1.165, 1.54) is 121 Å². The van der Waals surface area contributed by atoms with Crippen molar-refractivity contribution in [1.29, 1.82) is 0 Å². The number of esters is 1. The zero-order valence-electron chi connectivity index (χ0n) is 36.6. The zero-order valence-corrected chi connectivity index (χ0v) is 38.1. The third-order valence-corrected chi connectivity index (χ3v) is 12.6. The molecule has 57 heavy (non-hydrogen) atoms. The number of rotatable bonds is 36. The maximum absolute atomic E-state index is 14.1. The van der Waals surface area contributed by atoms with Gasteiger partial charge in [0, 0.05) is 30.0 Å². The summed E-state index contributed by atoms with van der Waals surface area (Å²) < 4.78 is 34.1. The van der Waals surface area contributed by atoms with Crippen molar-refractivity contribution in [2.24, 2.45) is 5.92 Å². The number of halogens is 1. The second-order valence-corrected chi connectivity index (χ2v) is 18.2. The number of sulfonamides is 1. The molecule has 1 rings (SSSR count). The summed E-state index contributed by atoms with van der Waals surface area (Å²) in [5, 5.41) is 2.72. The largest absolute Gasteiger partial charge is 0.425 e. The minimum absolute atomic E-state index is 0.111. The molecule has 1 aromatic rings. The van der Waals surface area contributed by atoms with Crippen LogP contribution in [0.2, 0.25) is 5.02 Å². The zero-order chi connectivity index (χ0) is 42.0. The lowest BCUT2D eigenvalue weighted by Gasteiger charge is -2.25. The third-order valence-electron chi connectivity index (χ3n) is 10.6. The molecule has 0 aliphatic rings. The van der Waals surface area contributed by atoms with Gasteiger partial charge in [0.1, 0.15) is 4.90 Å². The number of hydrogen-bond acceptors (Lipinski definition) is 6. The highest BCUT2D eigenvalue weighted by atomic mass is 35.5. The summed E-state index contributed by atoms with van der Waals surface area (Å²) in [4.78, 5) is 39.5. The van der Waals surface area contributed by atoms with Gasteiger partial charge >= 0.3 is 12.0 Å². The van der Waals surface area contributed by atoms with Crippen molar-refractivity contribution in [3.8, 4) is 5.75 Å². The molecule has 1 N–H and O–H groups in total. The first-order chi connectivity index (χ1) is 27.6. The molecule has 0 fully saturated rings. The van der Waals surface area contributed by atoms with E-state index >= 15 is 0 Å². The second-order valence-electron chi connectivity index (χ2n) is 16.0. The molecule has 1 atom stereocenters. The molecule has 0 aromatic heterocycles. The van der Waals surface area contributed by atoms with E-state index in [1.807, 2.05) is 6.92 Å². The average Bonchev–Trinajstić information content (AvgIpc) is 3.18. The van der Waals surface area contributed by atoms with E-state index in [0.29, 0.717) is 23.6 Å². The van der Waals surface area contributed by atoms with Gasteiger partial charge in [-0.05, 0) is 57.1 Å². The molecule has 8 nitrogen and oxygen atoms in total. The Balaban J connectivity index is 2.63. The fraction of sp³-hybridized carbons (Fsp3) is 0.766. The van der Waals surface area contributed by atoms with Crippen LogP contribution in [0.5, 0.6) is 5.75 Å². The van der Waals surface area contributed by atoms with Gasteiger partial charge < -0.3 is 10.1 Å². The number of carbonyl (C=O) groups is 3. The van der Waals surface area contributed by atoms with E-state index in [9.17, 15) is 22.8 Å². The summed E-state index contributed by atoms with van der Waals surface area (Å²) in [5.41, 5.74) is 0. The molecule has 328 valence electrons. The number of unbranched alkanes of at least 4 members (excludes halogenated alkanes) is 24. The van der Waals surface area contributed by atoms with Crippen LogP contribution >= 0.6 is 11.6 Å². The Morgan fingerprint density at radius 2 is 1.12 bits per heavy atom. The number of nitrogens with one attached hydrogen (secondary N) is 1. The predicted octanol–water partition coefficient (Wildman–Crippen LogP) is 14.4. The van der Waals surface area contributed by atoms with Crippen LogP contribution in [0.25, 0.3) is 0 Å². The number of benzene rings is 1. The van der Waals surface area contributed by atoms with Crippen molar-refractivity contribution in [2.75, 3.05) is 6.54 Å². The van der Waals surface area contributed by atoms with Gasteiger partial charge in [0.25, 0.3) is 10.0 Å². The Hall–Kier alpha value is -2.39. The molecule has 1 unspecified atom stereocenters. The van der Waals surface area contributed by atoms with Crippen LogP contribution < -0.4 is 10.1 Å². The number of allylic oxidation sites excluding steroid dienone is 2. The fourth-order valence-electron chi connectivity index (χ4n) is 6.99. The van der Waals surface area contributed by atoms with E-state index in [4.69, 9.17) is 16.3 Å². The molecule has 1 aromatic carbocycles.